The molecule has 0 fully saturated rings. The molecule has 1 atom stereocenters. The van der Waals surface area contributed by atoms with Gasteiger partial charge in [0.05, 0.1) is 12.2 Å². The summed E-state index contributed by atoms with van der Waals surface area (Å²) in [6, 6.07) is 13.7. The third-order valence-electron chi connectivity index (χ3n) is 6.19. The number of hydrogen-bond donors (Lipinski definition) is 0. The van der Waals surface area contributed by atoms with Crippen molar-refractivity contribution in [3.63, 3.8) is 0 Å². The van der Waals surface area contributed by atoms with Crippen LogP contribution in [-0.2, 0) is 0 Å². The predicted molar refractivity (Wildman–Crippen MR) is 145 cm³/mol. The summed E-state index contributed by atoms with van der Waals surface area (Å²) in [7, 11) is 0. The average Bonchev–Trinajstić information content (AvgIpc) is 2.90. The van der Waals surface area contributed by atoms with E-state index in [0.29, 0.717) is 30.1 Å². The van der Waals surface area contributed by atoms with Gasteiger partial charge in [-0.3, -0.25) is 0 Å². The molecule has 0 saturated heterocycles. The van der Waals surface area contributed by atoms with E-state index in [1.165, 1.54) is 44.9 Å². The lowest BCUT2D eigenvalue weighted by atomic mass is 10.1. The summed E-state index contributed by atoms with van der Waals surface area (Å²) in [6.45, 7) is 5.11. The van der Waals surface area contributed by atoms with E-state index < -0.39 is 12.1 Å². The van der Waals surface area contributed by atoms with Crippen LogP contribution in [0.1, 0.15) is 108 Å². The molecular formula is C31H45FO4. The number of alkyl halides is 1. The number of unbranched alkanes of at least 4 members (excludes halogenated alkanes) is 10. The maximum Gasteiger partial charge on any atom is 0.343 e. The van der Waals surface area contributed by atoms with Crippen molar-refractivity contribution in [3.8, 4) is 17.2 Å². The van der Waals surface area contributed by atoms with Crippen LogP contribution in [0.25, 0.3) is 0 Å². The van der Waals surface area contributed by atoms with Crippen molar-refractivity contribution in [3.05, 3.63) is 54.1 Å². The topological polar surface area (TPSA) is 44.8 Å². The normalized spacial score (nSPS) is 11.8. The lowest BCUT2D eigenvalue weighted by Gasteiger charge is -2.11. The van der Waals surface area contributed by atoms with Crippen LogP contribution in [-0.4, -0.2) is 25.4 Å². The molecule has 200 valence electrons. The Hall–Kier alpha value is -2.56. The highest BCUT2D eigenvalue weighted by Crippen LogP contribution is 2.21. The number of ether oxygens (including phenoxy) is 3. The lowest BCUT2D eigenvalue weighted by Crippen LogP contribution is -2.13. The first-order chi connectivity index (χ1) is 17.6. The minimum atomic E-state index is -0.966. The minimum Gasteiger partial charge on any atom is -0.494 e. The molecule has 1 unspecified atom stereocenters. The Morgan fingerprint density at radius 1 is 0.667 bits per heavy atom. The third-order valence-corrected chi connectivity index (χ3v) is 6.19. The summed E-state index contributed by atoms with van der Waals surface area (Å²) in [5.41, 5.74) is 0.457. The van der Waals surface area contributed by atoms with E-state index in [1.807, 2.05) is 0 Å². The quantitative estimate of drug-likeness (QED) is 0.103. The second-order valence-corrected chi connectivity index (χ2v) is 9.47. The SMILES string of the molecule is CCCCCCCCCCOc1ccc(C(=O)Oc2ccc(OCC(F)CCCCCC)cc2)cc1. The molecule has 0 amide bonds. The summed E-state index contributed by atoms with van der Waals surface area (Å²) in [5.74, 6) is 1.30. The Labute approximate surface area is 217 Å². The fourth-order valence-corrected chi connectivity index (χ4v) is 3.95. The largest absolute Gasteiger partial charge is 0.494 e. The van der Waals surface area contributed by atoms with Gasteiger partial charge >= 0.3 is 5.97 Å². The first-order valence-electron chi connectivity index (χ1n) is 13.9. The van der Waals surface area contributed by atoms with Crippen LogP contribution in [0, 0.1) is 0 Å². The number of halogens is 1. The highest BCUT2D eigenvalue weighted by atomic mass is 19.1. The molecule has 0 saturated carbocycles. The molecule has 0 bridgehead atoms. The Kier molecular flexibility index (Phi) is 15.4. The molecule has 2 aromatic rings. The lowest BCUT2D eigenvalue weighted by molar-refractivity contribution is 0.0734. The van der Waals surface area contributed by atoms with Crippen LogP contribution in [0.3, 0.4) is 0 Å². The van der Waals surface area contributed by atoms with Crippen molar-refractivity contribution in [2.45, 2.75) is 103 Å². The van der Waals surface area contributed by atoms with Gasteiger partial charge in [0.25, 0.3) is 0 Å². The van der Waals surface area contributed by atoms with Gasteiger partial charge in [-0.05, 0) is 61.4 Å². The van der Waals surface area contributed by atoms with Gasteiger partial charge in [0, 0.05) is 0 Å². The first kappa shape index (κ1) is 29.7. The Balaban J connectivity index is 1.64. The smallest absolute Gasteiger partial charge is 0.343 e. The highest BCUT2D eigenvalue weighted by molar-refractivity contribution is 5.91. The standard InChI is InChI=1S/C31H45FO4/c1-3-5-7-9-10-11-12-14-24-34-28-18-16-26(17-19-28)31(33)36-30-22-20-29(21-23-30)35-25-27(32)15-13-8-6-4-2/h16-23,27H,3-15,24-25H2,1-2H3. The van der Waals surface area contributed by atoms with Gasteiger partial charge in [0.15, 0.2) is 0 Å². The van der Waals surface area contributed by atoms with E-state index in [2.05, 4.69) is 13.8 Å². The van der Waals surface area contributed by atoms with E-state index in [1.54, 1.807) is 48.5 Å². The van der Waals surface area contributed by atoms with Crippen LogP contribution in [0.4, 0.5) is 4.39 Å². The second kappa shape index (κ2) is 18.7. The molecule has 5 heteroatoms. The predicted octanol–water partition coefficient (Wildman–Crippen LogP) is 9.11. The monoisotopic (exact) mass is 500 g/mol. The fourth-order valence-electron chi connectivity index (χ4n) is 3.95. The number of carbonyl (C=O) groups is 1. The van der Waals surface area contributed by atoms with E-state index >= 15 is 0 Å². The molecule has 4 nitrogen and oxygen atoms in total. The maximum atomic E-state index is 13.9. The molecule has 36 heavy (non-hydrogen) atoms. The molecule has 0 spiro atoms. The van der Waals surface area contributed by atoms with Gasteiger partial charge in [-0.25, -0.2) is 9.18 Å². The van der Waals surface area contributed by atoms with Crippen molar-refractivity contribution in [1.82, 2.24) is 0 Å². The fraction of sp³-hybridized carbons (Fsp3) is 0.581. The van der Waals surface area contributed by atoms with Gasteiger partial charge in [-0.1, -0.05) is 84.5 Å². The molecule has 0 aromatic heterocycles. The highest BCUT2D eigenvalue weighted by Gasteiger charge is 2.10. The van der Waals surface area contributed by atoms with Gasteiger partial charge < -0.3 is 14.2 Å². The molecule has 0 aliphatic carbocycles. The van der Waals surface area contributed by atoms with Crippen molar-refractivity contribution in [2.75, 3.05) is 13.2 Å². The number of rotatable bonds is 20. The summed E-state index contributed by atoms with van der Waals surface area (Å²) in [5, 5.41) is 0. The zero-order valence-corrected chi connectivity index (χ0v) is 22.3. The molecule has 2 rings (SSSR count). The Bertz CT molecular complexity index is 819. The van der Waals surface area contributed by atoms with Crippen LogP contribution < -0.4 is 14.2 Å². The van der Waals surface area contributed by atoms with Crippen LogP contribution in [0.15, 0.2) is 48.5 Å². The Morgan fingerprint density at radius 3 is 1.81 bits per heavy atom. The summed E-state index contributed by atoms with van der Waals surface area (Å²) in [4.78, 5) is 12.5. The van der Waals surface area contributed by atoms with Crippen molar-refractivity contribution >= 4 is 5.97 Å². The molecule has 0 radical (unpaired) electrons. The number of hydrogen-bond acceptors (Lipinski definition) is 4. The summed E-state index contributed by atoms with van der Waals surface area (Å²) in [6.07, 6.45) is 13.9. The maximum absolute atomic E-state index is 13.9. The molecule has 0 aliphatic heterocycles. The van der Waals surface area contributed by atoms with E-state index in [9.17, 15) is 9.18 Å². The van der Waals surface area contributed by atoms with Crippen LogP contribution >= 0.6 is 0 Å². The van der Waals surface area contributed by atoms with Gasteiger partial charge in [0.1, 0.15) is 30.0 Å². The van der Waals surface area contributed by atoms with E-state index in [0.717, 1.165) is 37.9 Å². The van der Waals surface area contributed by atoms with Gasteiger partial charge in [0.2, 0.25) is 0 Å². The van der Waals surface area contributed by atoms with Crippen molar-refractivity contribution in [1.29, 1.82) is 0 Å². The van der Waals surface area contributed by atoms with Crippen LogP contribution in [0.2, 0.25) is 0 Å². The van der Waals surface area contributed by atoms with Gasteiger partial charge in [-0.15, -0.1) is 0 Å². The molecule has 0 heterocycles. The van der Waals surface area contributed by atoms with E-state index in [-0.39, 0.29) is 6.61 Å². The Morgan fingerprint density at radius 2 is 1.17 bits per heavy atom. The molecular weight excluding hydrogens is 455 g/mol. The zero-order chi connectivity index (χ0) is 25.8. The first-order valence-corrected chi connectivity index (χ1v) is 13.9. The van der Waals surface area contributed by atoms with E-state index in [4.69, 9.17) is 14.2 Å². The van der Waals surface area contributed by atoms with Crippen LogP contribution in [0.5, 0.6) is 17.2 Å². The average molecular weight is 501 g/mol. The molecule has 0 aliphatic rings. The molecule has 0 N–H and O–H groups in total. The zero-order valence-electron chi connectivity index (χ0n) is 22.3. The van der Waals surface area contributed by atoms with Crippen molar-refractivity contribution in [2.24, 2.45) is 0 Å². The third kappa shape index (κ3) is 12.9. The minimum absolute atomic E-state index is 0.0404. The second-order valence-electron chi connectivity index (χ2n) is 9.47. The summed E-state index contributed by atoms with van der Waals surface area (Å²) < 4.78 is 30.7. The number of benzene rings is 2. The number of carbonyl (C=O) groups excluding carboxylic acids is 1. The molecule has 2 aromatic carbocycles. The van der Waals surface area contributed by atoms with Gasteiger partial charge in [-0.2, -0.15) is 0 Å². The number of esters is 1. The van der Waals surface area contributed by atoms with Crippen molar-refractivity contribution < 1.29 is 23.4 Å². The summed E-state index contributed by atoms with van der Waals surface area (Å²) >= 11 is 0.